The number of ether oxygens (including phenoxy) is 1. The third-order valence-electron chi connectivity index (χ3n) is 5.30. The van der Waals surface area contributed by atoms with E-state index in [1.807, 2.05) is 30.3 Å². The molecule has 2 N–H and O–H groups in total. The maximum Gasteiger partial charge on any atom is 0.257 e. The number of piperidine rings is 1. The summed E-state index contributed by atoms with van der Waals surface area (Å²) in [4.78, 5) is 27.1. The summed E-state index contributed by atoms with van der Waals surface area (Å²) >= 11 is 6.04. The van der Waals surface area contributed by atoms with Gasteiger partial charge in [-0.15, -0.1) is 0 Å². The van der Waals surface area contributed by atoms with Gasteiger partial charge in [-0.2, -0.15) is 0 Å². The molecule has 2 aromatic carbocycles. The summed E-state index contributed by atoms with van der Waals surface area (Å²) in [7, 11) is 1.53. The predicted molar refractivity (Wildman–Crippen MR) is 119 cm³/mol. The highest BCUT2D eigenvalue weighted by atomic mass is 35.5. The molecule has 0 atom stereocenters. The summed E-state index contributed by atoms with van der Waals surface area (Å²) in [6.45, 7) is 2.53. The first-order chi connectivity index (χ1) is 14.6. The van der Waals surface area contributed by atoms with Crippen LogP contribution in [-0.2, 0) is 4.79 Å². The Balaban J connectivity index is 1.40. The number of carbonyl (C=O) groups excluding carboxylic acids is 2. The number of nitrogens with zero attached hydrogens (tertiary/aromatic N) is 1. The zero-order chi connectivity index (χ0) is 21.3. The molecular formula is C23H28ClN3O3. The van der Waals surface area contributed by atoms with Gasteiger partial charge >= 0.3 is 0 Å². The van der Waals surface area contributed by atoms with E-state index in [0.29, 0.717) is 48.8 Å². The van der Waals surface area contributed by atoms with Crippen LogP contribution in [0.2, 0.25) is 5.02 Å². The number of halogens is 1. The first-order valence-corrected chi connectivity index (χ1v) is 10.7. The van der Waals surface area contributed by atoms with Crippen molar-refractivity contribution in [2.75, 3.05) is 38.6 Å². The van der Waals surface area contributed by atoms with Crippen molar-refractivity contribution in [1.29, 1.82) is 0 Å². The van der Waals surface area contributed by atoms with Crippen molar-refractivity contribution < 1.29 is 14.3 Å². The SMILES string of the molecule is COc1ccc(Cl)cc1C(=O)N1CCC(C(=O)NCCCNc2ccccc2)CC1. The fourth-order valence-electron chi connectivity index (χ4n) is 3.60. The van der Waals surface area contributed by atoms with Crippen molar-refractivity contribution in [3.8, 4) is 5.75 Å². The van der Waals surface area contributed by atoms with Gasteiger partial charge in [0.1, 0.15) is 5.75 Å². The van der Waals surface area contributed by atoms with Gasteiger partial charge in [-0.1, -0.05) is 29.8 Å². The Morgan fingerprint density at radius 1 is 1.10 bits per heavy atom. The molecule has 0 radical (unpaired) electrons. The van der Waals surface area contributed by atoms with Crippen LogP contribution in [0.25, 0.3) is 0 Å². The van der Waals surface area contributed by atoms with E-state index < -0.39 is 0 Å². The lowest BCUT2D eigenvalue weighted by molar-refractivity contribution is -0.126. The first kappa shape index (κ1) is 22.0. The molecule has 1 heterocycles. The molecule has 1 aliphatic heterocycles. The van der Waals surface area contributed by atoms with Gasteiger partial charge in [0, 0.05) is 42.8 Å². The van der Waals surface area contributed by atoms with E-state index in [9.17, 15) is 9.59 Å². The minimum absolute atomic E-state index is 0.0580. The maximum atomic E-state index is 12.8. The summed E-state index contributed by atoms with van der Waals surface area (Å²) in [6, 6.07) is 15.0. The number of anilines is 1. The lowest BCUT2D eigenvalue weighted by atomic mass is 9.95. The van der Waals surface area contributed by atoms with Crippen LogP contribution in [-0.4, -0.2) is 50.0 Å². The minimum atomic E-state index is -0.111. The molecule has 0 bridgehead atoms. The summed E-state index contributed by atoms with van der Waals surface area (Å²) < 4.78 is 5.29. The van der Waals surface area contributed by atoms with Crippen molar-refractivity contribution in [3.63, 3.8) is 0 Å². The Bertz CT molecular complexity index is 852. The number of nitrogens with one attached hydrogen (secondary N) is 2. The molecule has 3 rings (SSSR count). The zero-order valence-corrected chi connectivity index (χ0v) is 18.0. The van der Waals surface area contributed by atoms with Crippen molar-refractivity contribution >= 4 is 29.1 Å². The standard InChI is InChI=1S/C23H28ClN3O3/c1-30-21-9-8-18(24)16-20(21)23(29)27-14-10-17(11-15-27)22(28)26-13-5-12-25-19-6-3-2-4-7-19/h2-4,6-9,16-17,25H,5,10-15H2,1H3,(H,26,28). The second kappa shape index (κ2) is 10.9. The lowest BCUT2D eigenvalue weighted by Crippen LogP contribution is -2.43. The number of carbonyl (C=O) groups is 2. The maximum absolute atomic E-state index is 12.8. The Morgan fingerprint density at radius 2 is 1.83 bits per heavy atom. The Hall–Kier alpha value is -2.73. The van der Waals surface area contributed by atoms with Gasteiger partial charge in [0.05, 0.1) is 12.7 Å². The van der Waals surface area contributed by atoms with Gasteiger partial charge in [-0.05, 0) is 49.6 Å². The van der Waals surface area contributed by atoms with Gasteiger partial charge in [-0.3, -0.25) is 9.59 Å². The largest absolute Gasteiger partial charge is 0.496 e. The Labute approximate surface area is 182 Å². The van der Waals surface area contributed by atoms with Crippen LogP contribution in [0.15, 0.2) is 48.5 Å². The molecule has 2 amide bonds. The molecule has 7 heteroatoms. The van der Waals surface area contributed by atoms with Crippen LogP contribution < -0.4 is 15.4 Å². The average Bonchev–Trinajstić information content (AvgIpc) is 2.79. The summed E-state index contributed by atoms with van der Waals surface area (Å²) in [5, 5.41) is 6.85. The molecule has 1 saturated heterocycles. The van der Waals surface area contributed by atoms with Crippen LogP contribution in [0.5, 0.6) is 5.75 Å². The Kier molecular flexibility index (Phi) is 7.97. The highest BCUT2D eigenvalue weighted by Gasteiger charge is 2.28. The summed E-state index contributed by atoms with van der Waals surface area (Å²) in [5.74, 6) is 0.410. The molecule has 0 spiro atoms. The number of likely N-dealkylation sites (tertiary alicyclic amines) is 1. The van der Waals surface area contributed by atoms with E-state index >= 15 is 0 Å². The number of hydrogen-bond acceptors (Lipinski definition) is 4. The Morgan fingerprint density at radius 3 is 2.53 bits per heavy atom. The van der Waals surface area contributed by atoms with Gasteiger partial charge in [-0.25, -0.2) is 0 Å². The molecular weight excluding hydrogens is 402 g/mol. The molecule has 1 aliphatic rings. The number of rotatable bonds is 8. The van der Waals surface area contributed by atoms with Crippen LogP contribution in [0.4, 0.5) is 5.69 Å². The van der Waals surface area contributed by atoms with Crippen molar-refractivity contribution in [3.05, 3.63) is 59.1 Å². The van der Waals surface area contributed by atoms with Crippen molar-refractivity contribution in [1.82, 2.24) is 10.2 Å². The number of hydrogen-bond donors (Lipinski definition) is 2. The fourth-order valence-corrected chi connectivity index (χ4v) is 3.77. The van der Waals surface area contributed by atoms with Gasteiger partial charge in [0.2, 0.25) is 5.91 Å². The first-order valence-electron chi connectivity index (χ1n) is 10.3. The molecule has 2 aromatic rings. The van der Waals surface area contributed by atoms with Crippen LogP contribution in [0.1, 0.15) is 29.6 Å². The monoisotopic (exact) mass is 429 g/mol. The minimum Gasteiger partial charge on any atom is -0.496 e. The molecule has 160 valence electrons. The average molecular weight is 430 g/mol. The van der Waals surface area contributed by atoms with Gasteiger partial charge in [0.15, 0.2) is 0 Å². The third-order valence-corrected chi connectivity index (χ3v) is 5.54. The van der Waals surface area contributed by atoms with E-state index in [2.05, 4.69) is 10.6 Å². The predicted octanol–water partition coefficient (Wildman–Crippen LogP) is 3.82. The van der Waals surface area contributed by atoms with Crippen molar-refractivity contribution in [2.45, 2.75) is 19.3 Å². The molecule has 0 aromatic heterocycles. The van der Waals surface area contributed by atoms with E-state index in [4.69, 9.17) is 16.3 Å². The zero-order valence-electron chi connectivity index (χ0n) is 17.2. The quantitative estimate of drug-likeness (QED) is 0.626. The fraction of sp³-hybridized carbons (Fsp3) is 0.391. The summed E-state index contributed by atoms with van der Waals surface area (Å²) in [6.07, 6.45) is 2.16. The van der Waals surface area contributed by atoms with Gasteiger partial charge in [0.25, 0.3) is 5.91 Å². The summed E-state index contributed by atoms with van der Waals surface area (Å²) in [5.41, 5.74) is 1.54. The lowest BCUT2D eigenvalue weighted by Gasteiger charge is -2.31. The van der Waals surface area contributed by atoms with E-state index in [-0.39, 0.29) is 17.7 Å². The number of benzene rings is 2. The normalized spacial score (nSPS) is 14.3. The topological polar surface area (TPSA) is 70.7 Å². The van der Waals surface area contributed by atoms with Crippen LogP contribution >= 0.6 is 11.6 Å². The van der Waals surface area contributed by atoms with E-state index in [1.165, 1.54) is 7.11 Å². The molecule has 6 nitrogen and oxygen atoms in total. The molecule has 0 aliphatic carbocycles. The number of amides is 2. The van der Waals surface area contributed by atoms with Crippen LogP contribution in [0, 0.1) is 5.92 Å². The number of methoxy groups -OCH3 is 1. The van der Waals surface area contributed by atoms with E-state index in [1.54, 1.807) is 23.1 Å². The smallest absolute Gasteiger partial charge is 0.257 e. The van der Waals surface area contributed by atoms with Gasteiger partial charge < -0.3 is 20.3 Å². The highest BCUT2D eigenvalue weighted by Crippen LogP contribution is 2.26. The van der Waals surface area contributed by atoms with E-state index in [0.717, 1.165) is 18.7 Å². The second-order valence-corrected chi connectivity index (χ2v) is 7.78. The molecule has 0 unspecified atom stereocenters. The molecule has 30 heavy (non-hydrogen) atoms. The number of para-hydroxylation sites is 1. The molecule has 1 fully saturated rings. The second-order valence-electron chi connectivity index (χ2n) is 7.35. The highest BCUT2D eigenvalue weighted by molar-refractivity contribution is 6.31. The molecule has 0 saturated carbocycles. The van der Waals surface area contributed by atoms with Crippen LogP contribution in [0.3, 0.4) is 0 Å². The van der Waals surface area contributed by atoms with Crippen molar-refractivity contribution in [2.24, 2.45) is 5.92 Å². The third kappa shape index (κ3) is 5.89.